The van der Waals surface area contributed by atoms with Crippen LogP contribution in [0.1, 0.15) is 45.9 Å². The van der Waals surface area contributed by atoms with Crippen molar-refractivity contribution >= 4 is 5.57 Å². The highest BCUT2D eigenvalue weighted by atomic mass is 15.1. The first-order valence-electron chi connectivity index (χ1n) is 6.68. The molecule has 1 heterocycles. The molecule has 0 fully saturated rings. The third-order valence-electron chi connectivity index (χ3n) is 2.73. The van der Waals surface area contributed by atoms with Gasteiger partial charge in [-0.2, -0.15) is 0 Å². The fourth-order valence-corrected chi connectivity index (χ4v) is 1.86. The lowest BCUT2D eigenvalue weighted by molar-refractivity contribution is 0.667. The minimum absolute atomic E-state index is 1.05. The van der Waals surface area contributed by atoms with Gasteiger partial charge in [0, 0.05) is 18.9 Å². The summed E-state index contributed by atoms with van der Waals surface area (Å²) in [6.07, 6.45) is 9.64. The number of imidazole rings is 1. The normalized spacial score (nSPS) is 12.1. The lowest BCUT2D eigenvalue weighted by atomic mass is 10.2. The second-order valence-corrected chi connectivity index (χ2v) is 4.37. The summed E-state index contributed by atoms with van der Waals surface area (Å²) in [5.41, 5.74) is 1.28. The molecule has 0 aromatic carbocycles. The van der Waals surface area contributed by atoms with E-state index in [0.29, 0.717) is 0 Å². The Kier molecular flexibility index (Phi) is 6.63. The standard InChI is InChI=1S/C14H25N3/c1-4-8-15-9-6-7-13(3)14-16-10-12-17(14)11-5-2/h7,10,12,15H,4-6,8-9,11H2,1-3H3. The van der Waals surface area contributed by atoms with Crippen LogP contribution in [0.15, 0.2) is 18.5 Å². The Morgan fingerprint density at radius 1 is 1.35 bits per heavy atom. The largest absolute Gasteiger partial charge is 0.331 e. The molecule has 0 aliphatic heterocycles. The maximum absolute atomic E-state index is 4.42. The van der Waals surface area contributed by atoms with Gasteiger partial charge >= 0.3 is 0 Å². The van der Waals surface area contributed by atoms with E-state index in [1.807, 2.05) is 6.20 Å². The van der Waals surface area contributed by atoms with Crippen LogP contribution in [0.4, 0.5) is 0 Å². The fraction of sp³-hybridized carbons (Fsp3) is 0.643. The third kappa shape index (κ3) is 4.73. The highest BCUT2D eigenvalue weighted by Gasteiger charge is 2.03. The minimum atomic E-state index is 1.05. The molecule has 1 aromatic heterocycles. The smallest absolute Gasteiger partial charge is 0.135 e. The van der Waals surface area contributed by atoms with Crippen molar-refractivity contribution in [2.75, 3.05) is 13.1 Å². The number of hydrogen-bond donors (Lipinski definition) is 1. The zero-order valence-electron chi connectivity index (χ0n) is 11.4. The van der Waals surface area contributed by atoms with Crippen LogP contribution in [0.5, 0.6) is 0 Å². The second kappa shape index (κ2) is 8.07. The molecule has 0 atom stereocenters. The van der Waals surface area contributed by atoms with Crippen molar-refractivity contribution in [1.29, 1.82) is 0 Å². The van der Waals surface area contributed by atoms with Gasteiger partial charge in [-0.05, 0) is 44.8 Å². The van der Waals surface area contributed by atoms with E-state index < -0.39 is 0 Å². The lowest BCUT2D eigenvalue weighted by Crippen LogP contribution is -2.15. The van der Waals surface area contributed by atoms with Crippen LogP contribution in [0.25, 0.3) is 5.57 Å². The van der Waals surface area contributed by atoms with Crippen molar-refractivity contribution < 1.29 is 0 Å². The first-order chi connectivity index (χ1) is 8.29. The zero-order chi connectivity index (χ0) is 12.5. The van der Waals surface area contributed by atoms with Crippen molar-refractivity contribution in [3.05, 3.63) is 24.3 Å². The van der Waals surface area contributed by atoms with Gasteiger partial charge in [0.05, 0.1) is 0 Å². The summed E-state index contributed by atoms with van der Waals surface area (Å²) in [5.74, 6) is 1.11. The van der Waals surface area contributed by atoms with Crippen LogP contribution < -0.4 is 5.32 Å². The van der Waals surface area contributed by atoms with E-state index in [1.54, 1.807) is 0 Å². The summed E-state index contributed by atoms with van der Waals surface area (Å²) >= 11 is 0. The molecule has 0 aliphatic rings. The molecule has 17 heavy (non-hydrogen) atoms. The maximum Gasteiger partial charge on any atom is 0.135 e. The Morgan fingerprint density at radius 3 is 2.88 bits per heavy atom. The number of hydrogen-bond acceptors (Lipinski definition) is 2. The van der Waals surface area contributed by atoms with E-state index >= 15 is 0 Å². The first-order valence-corrected chi connectivity index (χ1v) is 6.68. The van der Waals surface area contributed by atoms with Gasteiger partial charge in [0.1, 0.15) is 5.82 Å². The van der Waals surface area contributed by atoms with Gasteiger partial charge in [-0.3, -0.25) is 0 Å². The molecule has 3 heteroatoms. The summed E-state index contributed by atoms with van der Waals surface area (Å²) in [4.78, 5) is 4.42. The van der Waals surface area contributed by atoms with Gasteiger partial charge in [0.2, 0.25) is 0 Å². The Labute approximate surface area is 105 Å². The highest BCUT2D eigenvalue weighted by Crippen LogP contribution is 2.12. The molecule has 0 radical (unpaired) electrons. The molecule has 0 bridgehead atoms. The highest BCUT2D eigenvalue weighted by molar-refractivity contribution is 5.57. The molecule has 0 saturated carbocycles. The topological polar surface area (TPSA) is 29.9 Å². The van der Waals surface area contributed by atoms with Crippen molar-refractivity contribution in [3.63, 3.8) is 0 Å². The SMILES string of the molecule is CCCNCCC=C(C)c1nccn1CCC. The van der Waals surface area contributed by atoms with Crippen molar-refractivity contribution in [3.8, 4) is 0 Å². The van der Waals surface area contributed by atoms with Crippen LogP contribution in [0.3, 0.4) is 0 Å². The van der Waals surface area contributed by atoms with E-state index in [-0.39, 0.29) is 0 Å². The van der Waals surface area contributed by atoms with Crippen molar-refractivity contribution in [2.45, 2.75) is 46.6 Å². The van der Waals surface area contributed by atoms with Crippen LogP contribution in [0.2, 0.25) is 0 Å². The fourth-order valence-electron chi connectivity index (χ4n) is 1.86. The summed E-state index contributed by atoms with van der Waals surface area (Å²) < 4.78 is 2.23. The van der Waals surface area contributed by atoms with Crippen LogP contribution in [-0.4, -0.2) is 22.6 Å². The Morgan fingerprint density at radius 2 is 2.18 bits per heavy atom. The van der Waals surface area contributed by atoms with Crippen molar-refractivity contribution in [1.82, 2.24) is 14.9 Å². The Balaban J connectivity index is 2.47. The molecule has 1 aromatic rings. The lowest BCUT2D eigenvalue weighted by Gasteiger charge is -2.06. The number of nitrogens with zero attached hydrogens (tertiary/aromatic N) is 2. The van der Waals surface area contributed by atoms with Gasteiger partial charge in [0.25, 0.3) is 0 Å². The van der Waals surface area contributed by atoms with Crippen LogP contribution in [0, 0.1) is 0 Å². The van der Waals surface area contributed by atoms with E-state index in [2.05, 4.69) is 47.9 Å². The Hall–Kier alpha value is -1.09. The monoisotopic (exact) mass is 235 g/mol. The Bertz CT molecular complexity index is 339. The average molecular weight is 235 g/mol. The molecule has 0 aliphatic carbocycles. The summed E-state index contributed by atoms with van der Waals surface area (Å²) in [7, 11) is 0. The van der Waals surface area contributed by atoms with Crippen molar-refractivity contribution in [2.24, 2.45) is 0 Å². The van der Waals surface area contributed by atoms with E-state index in [0.717, 1.165) is 38.3 Å². The molecule has 1 N–H and O–H groups in total. The number of rotatable bonds is 8. The van der Waals surface area contributed by atoms with E-state index in [4.69, 9.17) is 0 Å². The van der Waals surface area contributed by atoms with E-state index in [9.17, 15) is 0 Å². The molecule has 0 spiro atoms. The quantitative estimate of drug-likeness (QED) is 0.702. The average Bonchev–Trinajstić information content (AvgIpc) is 2.77. The molecule has 0 saturated heterocycles. The number of allylic oxidation sites excluding steroid dienone is 1. The van der Waals surface area contributed by atoms with Gasteiger partial charge in [-0.15, -0.1) is 0 Å². The predicted octanol–water partition coefficient (Wildman–Crippen LogP) is 3.09. The maximum atomic E-state index is 4.42. The molecule has 0 amide bonds. The van der Waals surface area contributed by atoms with Gasteiger partial charge in [-0.25, -0.2) is 4.98 Å². The van der Waals surface area contributed by atoms with E-state index in [1.165, 1.54) is 12.0 Å². The second-order valence-electron chi connectivity index (χ2n) is 4.37. The van der Waals surface area contributed by atoms with Gasteiger partial charge < -0.3 is 9.88 Å². The molecule has 0 unspecified atom stereocenters. The predicted molar refractivity (Wildman–Crippen MR) is 73.9 cm³/mol. The first kappa shape index (κ1) is 14.0. The minimum Gasteiger partial charge on any atom is -0.331 e. The van der Waals surface area contributed by atoms with Gasteiger partial charge in [0.15, 0.2) is 0 Å². The number of aryl methyl sites for hydroxylation is 1. The molecular weight excluding hydrogens is 210 g/mol. The summed E-state index contributed by atoms with van der Waals surface area (Å²) in [6.45, 7) is 9.74. The third-order valence-corrected chi connectivity index (χ3v) is 2.73. The number of nitrogens with one attached hydrogen (secondary N) is 1. The number of aromatic nitrogens is 2. The molecular formula is C14H25N3. The molecule has 1 rings (SSSR count). The molecule has 3 nitrogen and oxygen atoms in total. The summed E-state index contributed by atoms with van der Waals surface area (Å²) in [5, 5.41) is 3.40. The van der Waals surface area contributed by atoms with Crippen LogP contribution >= 0.6 is 0 Å². The zero-order valence-corrected chi connectivity index (χ0v) is 11.4. The van der Waals surface area contributed by atoms with Gasteiger partial charge in [-0.1, -0.05) is 19.9 Å². The molecule has 96 valence electrons. The summed E-state index contributed by atoms with van der Waals surface area (Å²) in [6, 6.07) is 0. The van der Waals surface area contributed by atoms with Crippen LogP contribution in [-0.2, 0) is 6.54 Å².